The number of piperidine rings is 1. The van der Waals surface area contributed by atoms with Crippen molar-refractivity contribution < 1.29 is 0 Å². The van der Waals surface area contributed by atoms with E-state index in [1.807, 2.05) is 13.0 Å². The lowest BCUT2D eigenvalue weighted by atomic mass is 9.96. The fourth-order valence-electron chi connectivity index (χ4n) is 2.80. The minimum Gasteiger partial charge on any atom is -0.373 e. The van der Waals surface area contributed by atoms with Crippen molar-refractivity contribution in [2.45, 2.75) is 19.8 Å². The lowest BCUT2D eigenvalue weighted by Crippen LogP contribution is -2.35. The molecule has 0 spiro atoms. The molecule has 2 rings (SSSR count). The molecule has 0 amide bonds. The molecule has 0 unspecified atom stereocenters. The predicted molar refractivity (Wildman–Crippen MR) is 79.4 cm³/mol. The quantitative estimate of drug-likeness (QED) is 0.834. The molecule has 0 aromatic heterocycles. The van der Waals surface area contributed by atoms with Crippen molar-refractivity contribution in [3.63, 3.8) is 0 Å². The highest BCUT2D eigenvalue weighted by Gasteiger charge is 2.19. The molecule has 1 aliphatic heterocycles. The molecule has 1 heterocycles. The molecule has 3 nitrogen and oxygen atoms in total. The van der Waals surface area contributed by atoms with Crippen molar-refractivity contribution in [2.75, 3.05) is 38.6 Å². The van der Waals surface area contributed by atoms with Gasteiger partial charge in [-0.25, -0.2) is 0 Å². The molecule has 3 heteroatoms. The average Bonchev–Trinajstić information content (AvgIpc) is 2.41. The highest BCUT2D eigenvalue weighted by atomic mass is 15.1. The fourth-order valence-corrected chi connectivity index (χ4v) is 2.80. The maximum absolute atomic E-state index is 9.25. The Kier molecular flexibility index (Phi) is 4.44. The standard InChI is InChI=1S/C16H23N3/c1-13-4-5-16(15(10-13)11-17)19(3)12-14-6-8-18(2)9-7-14/h4-5,10,14H,6-9,12H2,1-3H3. The monoisotopic (exact) mass is 257 g/mol. The molecule has 19 heavy (non-hydrogen) atoms. The number of nitrogens with zero attached hydrogens (tertiary/aromatic N) is 3. The summed E-state index contributed by atoms with van der Waals surface area (Å²) in [5.41, 5.74) is 3.00. The molecule has 102 valence electrons. The molecule has 1 fully saturated rings. The molecule has 0 aliphatic carbocycles. The van der Waals surface area contributed by atoms with Crippen molar-refractivity contribution in [1.29, 1.82) is 5.26 Å². The van der Waals surface area contributed by atoms with Gasteiger partial charge in [-0.2, -0.15) is 5.26 Å². The Morgan fingerprint density at radius 1 is 1.37 bits per heavy atom. The van der Waals surface area contributed by atoms with Crippen LogP contribution in [0.3, 0.4) is 0 Å². The molecular formula is C16H23N3. The number of likely N-dealkylation sites (tertiary alicyclic amines) is 1. The van der Waals surface area contributed by atoms with E-state index in [1.54, 1.807) is 0 Å². The molecule has 1 aromatic carbocycles. The number of hydrogen-bond donors (Lipinski definition) is 0. The SMILES string of the molecule is Cc1ccc(N(C)CC2CCN(C)CC2)c(C#N)c1. The first kappa shape index (κ1) is 13.9. The first-order valence-electron chi connectivity index (χ1n) is 7.00. The summed E-state index contributed by atoms with van der Waals surface area (Å²) in [6.07, 6.45) is 2.52. The van der Waals surface area contributed by atoms with Gasteiger partial charge in [0.05, 0.1) is 11.3 Å². The topological polar surface area (TPSA) is 30.3 Å². The summed E-state index contributed by atoms with van der Waals surface area (Å²) in [6.45, 7) is 5.46. The van der Waals surface area contributed by atoms with Crippen LogP contribution in [0.25, 0.3) is 0 Å². The Bertz CT molecular complexity index is 467. The first-order valence-corrected chi connectivity index (χ1v) is 7.00. The summed E-state index contributed by atoms with van der Waals surface area (Å²) < 4.78 is 0. The van der Waals surface area contributed by atoms with Gasteiger partial charge < -0.3 is 9.80 Å². The third kappa shape index (κ3) is 3.48. The van der Waals surface area contributed by atoms with Crippen molar-refractivity contribution in [1.82, 2.24) is 4.90 Å². The van der Waals surface area contributed by atoms with Crippen LogP contribution >= 0.6 is 0 Å². The van der Waals surface area contributed by atoms with Crippen LogP contribution in [0.5, 0.6) is 0 Å². The van der Waals surface area contributed by atoms with E-state index in [9.17, 15) is 5.26 Å². The normalized spacial score (nSPS) is 17.2. The highest BCUT2D eigenvalue weighted by molar-refractivity contribution is 5.60. The van der Waals surface area contributed by atoms with Gasteiger partial charge in [-0.15, -0.1) is 0 Å². The lowest BCUT2D eigenvalue weighted by molar-refractivity contribution is 0.222. The minimum absolute atomic E-state index is 0.744. The van der Waals surface area contributed by atoms with Gasteiger partial charge in [0.2, 0.25) is 0 Å². The Morgan fingerprint density at radius 2 is 2.05 bits per heavy atom. The Hall–Kier alpha value is -1.53. The average molecular weight is 257 g/mol. The molecule has 1 aromatic rings. The lowest BCUT2D eigenvalue weighted by Gasteiger charge is -2.32. The summed E-state index contributed by atoms with van der Waals surface area (Å²) >= 11 is 0. The third-order valence-electron chi connectivity index (χ3n) is 4.05. The number of rotatable bonds is 3. The maximum atomic E-state index is 9.25. The van der Waals surface area contributed by atoms with E-state index < -0.39 is 0 Å². The molecule has 0 bridgehead atoms. The van der Waals surface area contributed by atoms with Gasteiger partial charge in [0, 0.05) is 13.6 Å². The molecule has 0 N–H and O–H groups in total. The minimum atomic E-state index is 0.744. The van der Waals surface area contributed by atoms with Crippen LogP contribution in [0.1, 0.15) is 24.0 Å². The van der Waals surface area contributed by atoms with Crippen LogP contribution in [0.2, 0.25) is 0 Å². The smallest absolute Gasteiger partial charge is 0.101 e. The van der Waals surface area contributed by atoms with E-state index >= 15 is 0 Å². The van der Waals surface area contributed by atoms with E-state index in [-0.39, 0.29) is 0 Å². The van der Waals surface area contributed by atoms with Crippen molar-refractivity contribution >= 4 is 5.69 Å². The van der Waals surface area contributed by atoms with Crippen molar-refractivity contribution in [3.8, 4) is 6.07 Å². The number of nitriles is 1. The molecule has 1 saturated heterocycles. The van der Waals surface area contributed by atoms with Crippen molar-refractivity contribution in [3.05, 3.63) is 29.3 Å². The van der Waals surface area contributed by atoms with Crippen LogP contribution in [-0.4, -0.2) is 38.6 Å². The Morgan fingerprint density at radius 3 is 2.68 bits per heavy atom. The number of hydrogen-bond acceptors (Lipinski definition) is 3. The molecule has 0 radical (unpaired) electrons. The van der Waals surface area contributed by atoms with Gasteiger partial charge in [0.1, 0.15) is 6.07 Å². The summed E-state index contributed by atoms with van der Waals surface area (Å²) in [5, 5.41) is 9.25. The highest BCUT2D eigenvalue weighted by Crippen LogP contribution is 2.24. The molecule has 0 saturated carbocycles. The van der Waals surface area contributed by atoms with Crippen LogP contribution in [-0.2, 0) is 0 Å². The van der Waals surface area contributed by atoms with E-state index in [0.29, 0.717) is 0 Å². The van der Waals surface area contributed by atoms with Gasteiger partial charge >= 0.3 is 0 Å². The van der Waals surface area contributed by atoms with E-state index in [4.69, 9.17) is 0 Å². The van der Waals surface area contributed by atoms with Crippen LogP contribution in [0.15, 0.2) is 18.2 Å². The number of aryl methyl sites for hydroxylation is 1. The van der Waals surface area contributed by atoms with Crippen LogP contribution in [0, 0.1) is 24.2 Å². The Labute approximate surface area is 116 Å². The fraction of sp³-hybridized carbons (Fsp3) is 0.562. The van der Waals surface area contributed by atoms with Gasteiger partial charge in [-0.3, -0.25) is 0 Å². The van der Waals surface area contributed by atoms with E-state index in [2.05, 4.69) is 42.1 Å². The van der Waals surface area contributed by atoms with Crippen LogP contribution in [0.4, 0.5) is 5.69 Å². The second kappa shape index (κ2) is 6.08. The summed E-state index contributed by atoms with van der Waals surface area (Å²) in [7, 11) is 4.29. The summed E-state index contributed by atoms with van der Waals surface area (Å²) in [4.78, 5) is 4.64. The van der Waals surface area contributed by atoms with Gasteiger partial charge in [-0.05, 0) is 63.5 Å². The van der Waals surface area contributed by atoms with E-state index in [0.717, 1.165) is 29.3 Å². The summed E-state index contributed by atoms with van der Waals surface area (Å²) in [6, 6.07) is 8.44. The van der Waals surface area contributed by atoms with Crippen molar-refractivity contribution in [2.24, 2.45) is 5.92 Å². The molecule has 0 atom stereocenters. The zero-order valence-electron chi connectivity index (χ0n) is 12.2. The predicted octanol–water partition coefficient (Wildman–Crippen LogP) is 2.64. The van der Waals surface area contributed by atoms with Gasteiger partial charge in [-0.1, -0.05) is 6.07 Å². The first-order chi connectivity index (χ1) is 9.10. The number of benzene rings is 1. The third-order valence-corrected chi connectivity index (χ3v) is 4.05. The van der Waals surface area contributed by atoms with E-state index in [1.165, 1.54) is 25.9 Å². The maximum Gasteiger partial charge on any atom is 0.101 e. The molecular weight excluding hydrogens is 234 g/mol. The second-order valence-electron chi connectivity index (χ2n) is 5.76. The zero-order chi connectivity index (χ0) is 13.8. The summed E-state index contributed by atoms with van der Waals surface area (Å²) in [5.74, 6) is 0.744. The second-order valence-corrected chi connectivity index (χ2v) is 5.76. The zero-order valence-corrected chi connectivity index (χ0v) is 12.2. The Balaban J connectivity index is 2.04. The van der Waals surface area contributed by atoms with Gasteiger partial charge in [0.15, 0.2) is 0 Å². The van der Waals surface area contributed by atoms with Gasteiger partial charge in [0.25, 0.3) is 0 Å². The molecule has 1 aliphatic rings. The van der Waals surface area contributed by atoms with Crippen LogP contribution < -0.4 is 4.90 Å². The number of anilines is 1. The largest absolute Gasteiger partial charge is 0.373 e.